The van der Waals surface area contributed by atoms with Crippen LogP contribution in [0.15, 0.2) is 23.1 Å². The van der Waals surface area contributed by atoms with Crippen molar-refractivity contribution in [2.45, 2.75) is 17.6 Å². The fourth-order valence-corrected chi connectivity index (χ4v) is 8.56. The van der Waals surface area contributed by atoms with Gasteiger partial charge in [0, 0.05) is 0 Å². The van der Waals surface area contributed by atoms with Gasteiger partial charge in [-0.1, -0.05) is 0 Å². The average molecular weight is 393 g/mol. The van der Waals surface area contributed by atoms with Crippen LogP contribution in [0.2, 0.25) is 0 Å². The van der Waals surface area contributed by atoms with E-state index in [2.05, 4.69) is 34.3 Å². The van der Waals surface area contributed by atoms with E-state index in [-0.39, 0.29) is 14.7 Å². The number of aryl methyl sites for hydroxylation is 1. The van der Waals surface area contributed by atoms with Crippen LogP contribution in [0.1, 0.15) is 20.6 Å². The van der Waals surface area contributed by atoms with Crippen molar-refractivity contribution in [3.05, 3.63) is 38.8 Å². The summed E-state index contributed by atoms with van der Waals surface area (Å²) in [5.74, 6) is 2.13. The van der Waals surface area contributed by atoms with Crippen LogP contribution in [0.25, 0.3) is 20.6 Å². The predicted octanol–water partition coefficient (Wildman–Crippen LogP) is 4.28. The summed E-state index contributed by atoms with van der Waals surface area (Å²) in [5, 5.41) is 5.87. The van der Waals surface area contributed by atoms with E-state index in [0.29, 0.717) is 0 Å². The molecule has 0 spiro atoms. The van der Waals surface area contributed by atoms with Crippen molar-refractivity contribution in [3.63, 3.8) is 0 Å². The summed E-state index contributed by atoms with van der Waals surface area (Å²) < 4.78 is 7.18. The van der Waals surface area contributed by atoms with Crippen molar-refractivity contribution in [1.29, 1.82) is 0 Å². The quantitative estimate of drug-likeness (QED) is 0.533. The molecule has 0 fully saturated rings. The van der Waals surface area contributed by atoms with Gasteiger partial charge in [-0.05, 0) is 0 Å². The minimum absolute atomic E-state index is 0.253. The van der Waals surface area contributed by atoms with E-state index < -0.39 is 0 Å². The van der Waals surface area contributed by atoms with E-state index in [0.717, 1.165) is 11.5 Å². The van der Waals surface area contributed by atoms with Gasteiger partial charge in [0.15, 0.2) is 0 Å². The molecule has 0 bridgehead atoms. The Bertz CT molecular complexity index is 922. The van der Waals surface area contributed by atoms with Gasteiger partial charge in [0.25, 0.3) is 0 Å². The molecule has 3 aromatic rings. The molecule has 0 unspecified atom stereocenters. The zero-order chi connectivity index (χ0) is 14.0. The predicted molar refractivity (Wildman–Crippen MR) is 94.4 cm³/mol. The number of hydrogen-bond donors (Lipinski definition) is 0. The average Bonchev–Trinajstić information content (AvgIpc) is 3.10. The van der Waals surface area contributed by atoms with Crippen molar-refractivity contribution in [3.8, 4) is 0 Å². The summed E-state index contributed by atoms with van der Waals surface area (Å²) in [6, 6.07) is 6.82. The molecule has 0 aliphatic carbocycles. The fourth-order valence-electron chi connectivity index (χ4n) is 2.83. The van der Waals surface area contributed by atoms with E-state index in [1.165, 1.54) is 46.0 Å². The van der Waals surface area contributed by atoms with Gasteiger partial charge in [-0.15, -0.1) is 0 Å². The molecule has 2 aliphatic heterocycles. The number of nitrogens with zero attached hydrogens (tertiary/aromatic N) is 2. The third-order valence-corrected chi connectivity index (χ3v) is 9.52. The molecule has 2 aromatic heterocycles. The normalized spacial score (nSPS) is 16.8. The van der Waals surface area contributed by atoms with Crippen molar-refractivity contribution < 1.29 is 0 Å². The molecule has 1 aromatic carbocycles. The van der Waals surface area contributed by atoms with Crippen molar-refractivity contribution in [1.82, 2.24) is 9.19 Å². The van der Waals surface area contributed by atoms with Crippen LogP contribution in [0.5, 0.6) is 0 Å². The van der Waals surface area contributed by atoms with Crippen LogP contribution in [0.3, 0.4) is 0 Å². The summed E-state index contributed by atoms with van der Waals surface area (Å²) in [4.78, 5) is 4.42. The zero-order valence-electron chi connectivity index (χ0n) is 11.2. The van der Waals surface area contributed by atoms with Gasteiger partial charge in [0.05, 0.1) is 0 Å². The number of aromatic nitrogens is 2. The van der Waals surface area contributed by atoms with E-state index in [4.69, 9.17) is 0 Å². The molecular formula is C15H10N2S3Se. The molecule has 2 aliphatic rings. The van der Waals surface area contributed by atoms with Crippen LogP contribution < -0.4 is 0 Å². The number of hydrogen-bond acceptors (Lipinski definition) is 5. The first-order valence-electron chi connectivity index (χ1n) is 6.65. The van der Waals surface area contributed by atoms with E-state index in [9.17, 15) is 0 Å². The molecular weight excluding hydrogens is 383 g/mol. The van der Waals surface area contributed by atoms with Crippen molar-refractivity contribution >= 4 is 70.2 Å². The van der Waals surface area contributed by atoms with E-state index in [1.54, 1.807) is 0 Å². The Morgan fingerprint density at radius 1 is 1.19 bits per heavy atom. The molecule has 104 valence electrons. The van der Waals surface area contributed by atoms with Gasteiger partial charge < -0.3 is 0 Å². The number of fused-ring (bicyclic) bond motifs is 6. The van der Waals surface area contributed by atoms with Gasteiger partial charge in [0.2, 0.25) is 0 Å². The molecule has 0 saturated carbocycles. The second kappa shape index (κ2) is 4.74. The maximum absolute atomic E-state index is 4.44. The van der Waals surface area contributed by atoms with Gasteiger partial charge >= 0.3 is 141 Å². The number of benzene rings is 1. The molecule has 21 heavy (non-hydrogen) atoms. The topological polar surface area (TPSA) is 25.8 Å². The molecule has 0 N–H and O–H groups in total. The molecule has 0 amide bonds. The number of thiophene rings is 1. The molecule has 4 heterocycles. The SMILES string of the molecule is Cc1ccc2sc3c(c2c1)SCC1=C3SCc2[se]nnc21. The van der Waals surface area contributed by atoms with Gasteiger partial charge in [-0.2, -0.15) is 0 Å². The number of thioether (sulfide) groups is 2. The first-order valence-corrected chi connectivity index (χ1v) is 11.1. The van der Waals surface area contributed by atoms with E-state index in [1.807, 2.05) is 34.9 Å². The third-order valence-electron chi connectivity index (χ3n) is 3.83. The van der Waals surface area contributed by atoms with Crippen LogP contribution in [-0.4, -0.2) is 29.7 Å². The Morgan fingerprint density at radius 3 is 3.10 bits per heavy atom. The van der Waals surface area contributed by atoms with Crippen LogP contribution in [0, 0.1) is 6.92 Å². The summed E-state index contributed by atoms with van der Waals surface area (Å²) >= 11 is 6.17. The van der Waals surface area contributed by atoms with Crippen LogP contribution in [0.4, 0.5) is 0 Å². The standard InChI is InChI=1S/C15H10N2S3Se/c1-7-2-3-10-8(4-7)13-15(20-10)14-9(5-18-13)12-11(6-19-14)21-17-16-12/h2-4H,5-6H2,1H3. The van der Waals surface area contributed by atoms with Gasteiger partial charge in [0.1, 0.15) is 0 Å². The minimum atomic E-state index is 0.253. The summed E-state index contributed by atoms with van der Waals surface area (Å²) in [6.45, 7) is 2.18. The Hall–Kier alpha value is -0.521. The van der Waals surface area contributed by atoms with Gasteiger partial charge in [-0.3, -0.25) is 0 Å². The summed E-state index contributed by atoms with van der Waals surface area (Å²) in [7, 11) is 0. The molecule has 6 heteroatoms. The first kappa shape index (κ1) is 13.0. The van der Waals surface area contributed by atoms with Crippen molar-refractivity contribution in [2.75, 3.05) is 5.75 Å². The van der Waals surface area contributed by atoms with Gasteiger partial charge in [-0.25, -0.2) is 0 Å². The van der Waals surface area contributed by atoms with E-state index >= 15 is 0 Å². The second-order valence-electron chi connectivity index (χ2n) is 5.19. The maximum atomic E-state index is 4.44. The van der Waals surface area contributed by atoms with Crippen LogP contribution in [-0.2, 0) is 5.75 Å². The Morgan fingerprint density at radius 2 is 2.14 bits per heavy atom. The molecule has 2 nitrogen and oxygen atoms in total. The van der Waals surface area contributed by atoms with Crippen LogP contribution >= 0.6 is 34.9 Å². The third kappa shape index (κ3) is 1.87. The summed E-state index contributed by atoms with van der Waals surface area (Å²) in [5.41, 5.74) is 4.00. The van der Waals surface area contributed by atoms with Crippen molar-refractivity contribution in [2.24, 2.45) is 0 Å². The Balaban J connectivity index is 1.80. The molecule has 5 rings (SSSR count). The molecule has 0 atom stereocenters. The first-order chi connectivity index (χ1) is 10.3. The fraction of sp³-hybridized carbons (Fsp3) is 0.200. The monoisotopic (exact) mass is 394 g/mol. The molecule has 0 saturated heterocycles. The Labute approximate surface area is 141 Å². The summed E-state index contributed by atoms with van der Waals surface area (Å²) in [6.07, 6.45) is 0. The molecule has 0 radical (unpaired) electrons. The number of rotatable bonds is 0. The second-order valence-corrected chi connectivity index (χ2v) is 9.97. The zero-order valence-corrected chi connectivity index (χ0v) is 15.3. The Kier molecular flexibility index (Phi) is 2.92.